The van der Waals surface area contributed by atoms with E-state index in [9.17, 15) is 4.79 Å². The van der Waals surface area contributed by atoms with Crippen molar-refractivity contribution in [1.82, 2.24) is 8.75 Å². The van der Waals surface area contributed by atoms with E-state index in [0.29, 0.717) is 0 Å². The molecule has 0 fully saturated rings. The average molecular weight is 176 g/mol. The minimum absolute atomic E-state index is 0.0767. The molecule has 2 heterocycles. The first kappa shape index (κ1) is 5.45. The molecule has 46 valence electrons. The van der Waals surface area contributed by atoms with Crippen molar-refractivity contribution in [2.24, 2.45) is 0 Å². The molecule has 0 bridgehead atoms. The van der Waals surface area contributed by atoms with Crippen molar-refractivity contribution in [3.05, 3.63) is 8.85 Å². The van der Waals surface area contributed by atoms with Crippen molar-refractivity contribution in [3.8, 4) is 0 Å². The van der Waals surface area contributed by atoms with Gasteiger partial charge in [-0.2, -0.15) is 8.75 Å². The molecule has 2 aromatic rings. The Morgan fingerprint density at radius 2 is 1.67 bits per heavy atom. The largest absolute Gasteiger partial charge is 0.291 e. The number of aromatic nitrogens is 2. The summed E-state index contributed by atoms with van der Waals surface area (Å²) < 4.78 is 7.87. The van der Waals surface area contributed by atoms with Crippen LogP contribution < -0.4 is 4.06 Å². The van der Waals surface area contributed by atoms with Gasteiger partial charge in [-0.3, -0.25) is 4.79 Å². The second-order valence-electron chi connectivity index (χ2n) is 1.33. The Balaban J connectivity index is 3.08. The summed E-state index contributed by atoms with van der Waals surface area (Å²) in [4.78, 5) is 12.2. The van der Waals surface area contributed by atoms with Crippen LogP contribution in [0, 0.1) is 0 Å². The van der Waals surface area contributed by atoms with Crippen LogP contribution in [0.2, 0.25) is 0 Å². The standard InChI is InChI=1S/C3N2OS3/c6-3-7-1-2(8-3)5-9-4-1. The van der Waals surface area contributed by atoms with Crippen LogP contribution in [0.1, 0.15) is 0 Å². The van der Waals surface area contributed by atoms with Gasteiger partial charge in [0.1, 0.15) is 0 Å². The van der Waals surface area contributed by atoms with Crippen LogP contribution in [-0.4, -0.2) is 8.75 Å². The Morgan fingerprint density at radius 1 is 1.11 bits per heavy atom. The molecule has 0 N–H and O–H groups in total. The third-order valence-corrected chi connectivity index (χ3v) is 3.47. The molecule has 0 amide bonds. The molecule has 0 aromatic carbocycles. The van der Waals surface area contributed by atoms with E-state index in [1.165, 1.54) is 0 Å². The smallest absolute Gasteiger partial charge is 0.265 e. The van der Waals surface area contributed by atoms with Crippen molar-refractivity contribution in [1.29, 1.82) is 0 Å². The van der Waals surface area contributed by atoms with E-state index in [4.69, 9.17) is 0 Å². The van der Waals surface area contributed by atoms with Crippen LogP contribution in [-0.2, 0) is 0 Å². The fraction of sp³-hybridized carbons (Fsp3) is 0. The van der Waals surface area contributed by atoms with Crippen LogP contribution in [0.5, 0.6) is 0 Å². The van der Waals surface area contributed by atoms with Crippen molar-refractivity contribution in [2.75, 3.05) is 0 Å². The summed E-state index contributed by atoms with van der Waals surface area (Å²) in [7, 11) is 0. The van der Waals surface area contributed by atoms with Crippen LogP contribution in [0.15, 0.2) is 4.79 Å². The number of rotatable bonds is 0. The van der Waals surface area contributed by atoms with Crippen LogP contribution in [0.3, 0.4) is 0 Å². The second kappa shape index (κ2) is 1.83. The summed E-state index contributed by atoms with van der Waals surface area (Å²) in [5.74, 6) is 0. The van der Waals surface area contributed by atoms with Gasteiger partial charge in [0.05, 0.1) is 11.7 Å². The van der Waals surface area contributed by atoms with E-state index >= 15 is 0 Å². The quantitative estimate of drug-likeness (QED) is 0.605. The lowest BCUT2D eigenvalue weighted by Crippen LogP contribution is -1.73. The van der Waals surface area contributed by atoms with E-state index in [2.05, 4.69) is 8.75 Å². The van der Waals surface area contributed by atoms with E-state index in [0.717, 1.165) is 44.1 Å². The summed E-state index contributed by atoms with van der Waals surface area (Å²) in [6.07, 6.45) is 0. The molecule has 3 nitrogen and oxygen atoms in total. The summed E-state index contributed by atoms with van der Waals surface area (Å²) in [5.41, 5.74) is 0. The van der Waals surface area contributed by atoms with Gasteiger partial charge >= 0.3 is 0 Å². The van der Waals surface area contributed by atoms with Crippen LogP contribution in [0.4, 0.5) is 0 Å². The first-order chi connectivity index (χ1) is 4.36. The van der Waals surface area contributed by atoms with Crippen molar-refractivity contribution in [3.63, 3.8) is 0 Å². The second-order valence-corrected chi connectivity index (χ2v) is 4.04. The summed E-state index contributed by atoms with van der Waals surface area (Å²) in [5, 5.41) is 0. The van der Waals surface area contributed by atoms with Gasteiger partial charge in [-0.1, -0.05) is 22.7 Å². The maximum Gasteiger partial charge on any atom is 0.291 e. The summed E-state index contributed by atoms with van der Waals surface area (Å²) >= 11 is 3.47. The molecule has 0 saturated carbocycles. The molecule has 2 aromatic heterocycles. The lowest BCUT2D eigenvalue weighted by molar-refractivity contribution is 1.73. The number of hydrogen-bond acceptors (Lipinski definition) is 6. The maximum atomic E-state index is 10.6. The van der Waals surface area contributed by atoms with Gasteiger partial charge < -0.3 is 0 Å². The monoisotopic (exact) mass is 176 g/mol. The molecular formula is C3N2OS3. The van der Waals surface area contributed by atoms with Gasteiger partial charge in [-0.15, -0.1) is 0 Å². The Morgan fingerprint density at radius 3 is 2.22 bits per heavy atom. The number of nitrogens with zero attached hydrogens (tertiary/aromatic N) is 2. The molecular weight excluding hydrogens is 176 g/mol. The first-order valence-electron chi connectivity index (χ1n) is 2.08. The van der Waals surface area contributed by atoms with Gasteiger partial charge in [0.15, 0.2) is 9.66 Å². The molecule has 0 aliphatic heterocycles. The predicted molar refractivity (Wildman–Crippen MR) is 39.4 cm³/mol. The van der Waals surface area contributed by atoms with Crippen molar-refractivity contribution >= 4 is 44.1 Å². The minimum atomic E-state index is 0.0767. The maximum absolute atomic E-state index is 10.6. The lowest BCUT2D eigenvalue weighted by Gasteiger charge is -1.56. The van der Waals surface area contributed by atoms with Gasteiger partial charge in [0.25, 0.3) is 4.06 Å². The zero-order valence-electron chi connectivity index (χ0n) is 4.03. The molecule has 0 spiro atoms. The molecule has 0 saturated heterocycles. The zero-order valence-corrected chi connectivity index (χ0v) is 6.48. The zero-order chi connectivity index (χ0) is 6.27. The summed E-state index contributed by atoms with van der Waals surface area (Å²) in [6, 6.07) is 0. The van der Waals surface area contributed by atoms with E-state index in [-0.39, 0.29) is 4.06 Å². The summed E-state index contributed by atoms with van der Waals surface area (Å²) in [6.45, 7) is 0. The van der Waals surface area contributed by atoms with E-state index < -0.39 is 0 Å². The molecule has 0 aliphatic carbocycles. The lowest BCUT2D eigenvalue weighted by atomic mass is 10.9. The molecule has 0 aliphatic rings. The Kier molecular flexibility index (Phi) is 1.11. The Bertz CT molecular complexity index is 340. The van der Waals surface area contributed by atoms with Gasteiger partial charge in [-0.05, 0) is 0 Å². The predicted octanol–water partition coefficient (Wildman–Crippen LogP) is 1.17. The van der Waals surface area contributed by atoms with E-state index in [1.807, 2.05) is 0 Å². The average Bonchev–Trinajstić information content (AvgIpc) is 2.22. The normalized spacial score (nSPS) is 10.7. The highest BCUT2D eigenvalue weighted by atomic mass is 32.2. The molecule has 0 unspecified atom stereocenters. The van der Waals surface area contributed by atoms with Crippen LogP contribution in [0.25, 0.3) is 9.66 Å². The van der Waals surface area contributed by atoms with Gasteiger partial charge in [0.2, 0.25) is 0 Å². The highest BCUT2D eigenvalue weighted by Crippen LogP contribution is 2.16. The molecule has 0 radical (unpaired) electrons. The van der Waals surface area contributed by atoms with Gasteiger partial charge in [-0.25, -0.2) is 0 Å². The van der Waals surface area contributed by atoms with E-state index in [1.54, 1.807) is 0 Å². The molecule has 0 atom stereocenters. The third-order valence-electron chi connectivity index (χ3n) is 0.790. The fourth-order valence-corrected chi connectivity index (χ4v) is 2.92. The fourth-order valence-electron chi connectivity index (χ4n) is 0.476. The van der Waals surface area contributed by atoms with Gasteiger partial charge in [0, 0.05) is 0 Å². The SMILES string of the molecule is O=c1sc2nsnc2s1. The topological polar surface area (TPSA) is 42.9 Å². The molecule has 6 heteroatoms. The van der Waals surface area contributed by atoms with Crippen molar-refractivity contribution in [2.45, 2.75) is 0 Å². The molecule has 9 heavy (non-hydrogen) atoms. The Hall–Kier alpha value is -0.330. The minimum Gasteiger partial charge on any atom is -0.265 e. The first-order valence-corrected chi connectivity index (χ1v) is 4.45. The number of hydrogen-bond donors (Lipinski definition) is 0. The third kappa shape index (κ3) is 0.790. The van der Waals surface area contributed by atoms with Crippen LogP contribution >= 0.6 is 34.4 Å². The number of fused-ring (bicyclic) bond motifs is 1. The van der Waals surface area contributed by atoms with Crippen molar-refractivity contribution < 1.29 is 0 Å². The molecule has 2 rings (SSSR count). The Labute approximate surface area is 61.9 Å². The highest BCUT2D eigenvalue weighted by Gasteiger charge is 2.01. The highest BCUT2D eigenvalue weighted by molar-refractivity contribution is 7.36.